The first-order valence-electron chi connectivity index (χ1n) is 7.59. The molecule has 0 atom stereocenters. The molecule has 2 rings (SSSR count). The van der Waals surface area contributed by atoms with Crippen molar-refractivity contribution < 1.29 is 14.3 Å². The molecular weight excluding hydrogens is 360 g/mol. The number of ether oxygens (including phenoxy) is 2. The molecule has 1 heterocycles. The molecule has 23 heavy (non-hydrogen) atoms. The van der Waals surface area contributed by atoms with Gasteiger partial charge in [-0.15, -0.1) is 0 Å². The van der Waals surface area contributed by atoms with Crippen molar-refractivity contribution in [3.05, 3.63) is 34.3 Å². The lowest BCUT2D eigenvalue weighted by molar-refractivity contribution is 0.0264. The van der Waals surface area contributed by atoms with Crippen LogP contribution in [0.2, 0.25) is 0 Å². The van der Waals surface area contributed by atoms with E-state index < -0.39 is 5.60 Å². The molecule has 0 spiro atoms. The smallest absolute Gasteiger partial charge is 0.410 e. The highest BCUT2D eigenvalue weighted by Crippen LogP contribution is 2.30. The predicted molar refractivity (Wildman–Crippen MR) is 94.6 cm³/mol. The number of nitrogens with zero attached hydrogens (tertiary/aromatic N) is 1. The summed E-state index contributed by atoms with van der Waals surface area (Å²) in [6, 6.07) is 5.54. The molecule has 6 heteroatoms. The van der Waals surface area contributed by atoms with Crippen molar-refractivity contribution in [2.24, 2.45) is 0 Å². The molecule has 0 aliphatic carbocycles. The van der Waals surface area contributed by atoms with Gasteiger partial charge in [0.2, 0.25) is 0 Å². The maximum absolute atomic E-state index is 12.0. The fourth-order valence-corrected chi connectivity index (χ4v) is 2.52. The van der Waals surface area contributed by atoms with Crippen molar-refractivity contribution in [2.45, 2.75) is 32.8 Å². The SMILES string of the molecule is CC(C)(C)OC(=O)N1CC=C(COc2cccc(N)c2Br)CC1. The zero-order valence-electron chi connectivity index (χ0n) is 13.8. The van der Waals surface area contributed by atoms with Crippen LogP contribution in [0.3, 0.4) is 0 Å². The van der Waals surface area contributed by atoms with Crippen LogP contribution in [0.4, 0.5) is 10.5 Å². The number of carbonyl (C=O) groups is 1. The Morgan fingerprint density at radius 3 is 2.74 bits per heavy atom. The van der Waals surface area contributed by atoms with Gasteiger partial charge in [-0.1, -0.05) is 12.1 Å². The molecular formula is C17H23BrN2O3. The Kier molecular flexibility index (Phi) is 5.57. The zero-order valence-corrected chi connectivity index (χ0v) is 15.4. The minimum atomic E-state index is -0.469. The summed E-state index contributed by atoms with van der Waals surface area (Å²) in [5.41, 5.74) is 7.18. The van der Waals surface area contributed by atoms with Crippen LogP contribution in [-0.2, 0) is 4.74 Å². The van der Waals surface area contributed by atoms with Gasteiger partial charge in [0.1, 0.15) is 18.0 Å². The number of rotatable bonds is 3. The van der Waals surface area contributed by atoms with Gasteiger partial charge < -0.3 is 20.1 Å². The summed E-state index contributed by atoms with van der Waals surface area (Å²) >= 11 is 3.42. The normalized spacial score (nSPS) is 15.1. The minimum Gasteiger partial charge on any atom is -0.488 e. The van der Waals surface area contributed by atoms with Crippen molar-refractivity contribution in [1.82, 2.24) is 4.90 Å². The predicted octanol–water partition coefficient (Wildman–Crippen LogP) is 3.98. The van der Waals surface area contributed by atoms with Crippen molar-refractivity contribution in [2.75, 3.05) is 25.4 Å². The first-order valence-corrected chi connectivity index (χ1v) is 8.38. The molecule has 1 aromatic rings. The third-order valence-corrected chi connectivity index (χ3v) is 4.21. The molecule has 0 radical (unpaired) electrons. The first kappa shape index (κ1) is 17.7. The van der Waals surface area contributed by atoms with Crippen molar-refractivity contribution in [3.8, 4) is 5.75 Å². The fraction of sp³-hybridized carbons (Fsp3) is 0.471. The van der Waals surface area contributed by atoms with E-state index in [9.17, 15) is 4.79 Å². The Morgan fingerprint density at radius 2 is 2.13 bits per heavy atom. The van der Waals surface area contributed by atoms with Crippen LogP contribution in [0, 0.1) is 0 Å². The summed E-state index contributed by atoms with van der Waals surface area (Å²) in [4.78, 5) is 13.7. The van der Waals surface area contributed by atoms with E-state index in [2.05, 4.69) is 15.9 Å². The summed E-state index contributed by atoms with van der Waals surface area (Å²) < 4.78 is 12.0. The standard InChI is InChI=1S/C17H23BrN2O3/c1-17(2,3)23-16(21)20-9-7-12(8-10-20)11-22-14-6-4-5-13(19)15(14)18/h4-7H,8-11,19H2,1-3H3. The monoisotopic (exact) mass is 382 g/mol. The highest BCUT2D eigenvalue weighted by atomic mass is 79.9. The first-order chi connectivity index (χ1) is 10.8. The number of anilines is 1. The van der Waals surface area contributed by atoms with Gasteiger partial charge in [-0.2, -0.15) is 0 Å². The van der Waals surface area contributed by atoms with E-state index in [4.69, 9.17) is 15.2 Å². The van der Waals surface area contributed by atoms with Gasteiger partial charge in [0.05, 0.1) is 4.47 Å². The van der Waals surface area contributed by atoms with E-state index in [1.54, 1.807) is 4.90 Å². The maximum Gasteiger partial charge on any atom is 0.410 e. The number of carbonyl (C=O) groups excluding carboxylic acids is 1. The van der Waals surface area contributed by atoms with Gasteiger partial charge >= 0.3 is 6.09 Å². The van der Waals surface area contributed by atoms with E-state index in [-0.39, 0.29) is 6.09 Å². The van der Waals surface area contributed by atoms with Crippen LogP contribution < -0.4 is 10.5 Å². The zero-order chi connectivity index (χ0) is 17.0. The Bertz CT molecular complexity index is 608. The second-order valence-electron chi connectivity index (χ2n) is 6.49. The van der Waals surface area contributed by atoms with E-state index in [0.717, 1.165) is 16.6 Å². The molecule has 0 fully saturated rings. The quantitative estimate of drug-likeness (QED) is 0.634. The summed E-state index contributed by atoms with van der Waals surface area (Å²) in [6.07, 6.45) is 2.53. The molecule has 0 saturated heterocycles. The third kappa shape index (κ3) is 5.16. The van der Waals surface area contributed by atoms with Crippen LogP contribution in [0.15, 0.2) is 34.3 Å². The molecule has 1 aliphatic rings. The Morgan fingerprint density at radius 1 is 1.39 bits per heavy atom. The molecule has 0 unspecified atom stereocenters. The molecule has 5 nitrogen and oxygen atoms in total. The Labute approximate surface area is 145 Å². The molecule has 0 aromatic heterocycles. The van der Waals surface area contributed by atoms with Gasteiger partial charge in [-0.3, -0.25) is 0 Å². The molecule has 126 valence electrons. The number of nitrogen functional groups attached to an aromatic ring is 1. The molecule has 1 aliphatic heterocycles. The topological polar surface area (TPSA) is 64.8 Å². The van der Waals surface area contributed by atoms with Crippen molar-refractivity contribution >= 4 is 27.7 Å². The van der Waals surface area contributed by atoms with Crippen molar-refractivity contribution in [3.63, 3.8) is 0 Å². The molecule has 0 saturated carbocycles. The van der Waals surface area contributed by atoms with E-state index in [1.807, 2.05) is 45.0 Å². The second-order valence-corrected chi connectivity index (χ2v) is 7.28. The van der Waals surface area contributed by atoms with E-state index >= 15 is 0 Å². The third-order valence-electron chi connectivity index (χ3n) is 3.36. The van der Waals surface area contributed by atoms with Gasteiger partial charge in [-0.05, 0) is 60.8 Å². The van der Waals surface area contributed by atoms with Gasteiger partial charge in [-0.25, -0.2) is 4.79 Å². The van der Waals surface area contributed by atoms with Gasteiger partial charge in [0.25, 0.3) is 0 Å². The lowest BCUT2D eigenvalue weighted by atomic mass is 10.1. The summed E-state index contributed by atoms with van der Waals surface area (Å²) in [7, 11) is 0. The van der Waals surface area contributed by atoms with E-state index in [1.165, 1.54) is 5.57 Å². The highest BCUT2D eigenvalue weighted by Gasteiger charge is 2.23. The average molecular weight is 383 g/mol. The highest BCUT2D eigenvalue weighted by molar-refractivity contribution is 9.10. The number of nitrogens with two attached hydrogens (primary N) is 1. The Balaban J connectivity index is 1.87. The minimum absolute atomic E-state index is 0.271. The number of hydrogen-bond donors (Lipinski definition) is 1. The Hall–Kier alpha value is -1.69. The summed E-state index contributed by atoms with van der Waals surface area (Å²) in [5.74, 6) is 0.723. The maximum atomic E-state index is 12.0. The number of halogens is 1. The molecule has 2 N–H and O–H groups in total. The number of benzene rings is 1. The lowest BCUT2D eigenvalue weighted by Crippen LogP contribution is -2.39. The van der Waals surface area contributed by atoms with Crippen LogP contribution in [0.1, 0.15) is 27.2 Å². The average Bonchev–Trinajstić information content (AvgIpc) is 2.47. The number of hydrogen-bond acceptors (Lipinski definition) is 4. The molecule has 0 bridgehead atoms. The van der Waals surface area contributed by atoms with Crippen LogP contribution in [-0.4, -0.2) is 36.3 Å². The van der Waals surface area contributed by atoms with Crippen LogP contribution in [0.5, 0.6) is 5.75 Å². The largest absolute Gasteiger partial charge is 0.488 e. The van der Waals surface area contributed by atoms with Gasteiger partial charge in [0, 0.05) is 18.8 Å². The van der Waals surface area contributed by atoms with Crippen molar-refractivity contribution in [1.29, 1.82) is 0 Å². The molecule has 1 aromatic carbocycles. The fourth-order valence-electron chi connectivity index (χ4n) is 2.14. The van der Waals surface area contributed by atoms with E-state index in [0.29, 0.717) is 25.4 Å². The van der Waals surface area contributed by atoms with Gasteiger partial charge in [0.15, 0.2) is 0 Å². The van der Waals surface area contributed by atoms with Crippen LogP contribution in [0.25, 0.3) is 0 Å². The summed E-state index contributed by atoms with van der Waals surface area (Å²) in [5, 5.41) is 0. The molecule has 1 amide bonds. The second kappa shape index (κ2) is 7.25. The lowest BCUT2D eigenvalue weighted by Gasteiger charge is -2.29. The van der Waals surface area contributed by atoms with Crippen LogP contribution >= 0.6 is 15.9 Å². The number of amides is 1. The summed E-state index contributed by atoms with van der Waals surface area (Å²) in [6.45, 7) is 7.28.